The van der Waals surface area contributed by atoms with Crippen LogP contribution < -0.4 is 0 Å². The van der Waals surface area contributed by atoms with E-state index in [0.29, 0.717) is 5.15 Å². The van der Waals surface area contributed by atoms with Gasteiger partial charge in [-0.15, -0.1) is 21.5 Å². The van der Waals surface area contributed by atoms with E-state index in [1.807, 2.05) is 17.9 Å². The van der Waals surface area contributed by atoms with Crippen molar-refractivity contribution in [1.29, 1.82) is 0 Å². The van der Waals surface area contributed by atoms with Crippen molar-refractivity contribution in [2.75, 3.05) is 6.54 Å². The zero-order valence-corrected chi connectivity index (χ0v) is 14.5. The van der Waals surface area contributed by atoms with Crippen molar-refractivity contribution in [3.05, 3.63) is 39.7 Å². The average molecular weight is 354 g/mol. The second kappa shape index (κ2) is 6.98. The molecule has 0 radical (unpaired) electrons. The second-order valence-electron chi connectivity index (χ2n) is 5.16. The van der Waals surface area contributed by atoms with Gasteiger partial charge in [-0.1, -0.05) is 29.4 Å². The summed E-state index contributed by atoms with van der Waals surface area (Å²) >= 11 is 8.88. The summed E-state index contributed by atoms with van der Waals surface area (Å²) in [5.74, 6) is 0.164. The maximum absolute atomic E-state index is 12.8. The third-order valence-electron chi connectivity index (χ3n) is 3.66. The number of hydrogen-bond acceptors (Lipinski definition) is 5. The van der Waals surface area contributed by atoms with Gasteiger partial charge < -0.3 is 4.90 Å². The monoisotopic (exact) mass is 353 g/mol. The normalized spacial score (nSPS) is 19.4. The standard InChI is InChI=1S/C15H16ClN3OS2/c1-10(22-14-7-6-13(16)17-18-14)15(20)19-8-2-4-11(19)12-5-3-9-21-12/h3,5-7,9-11H,2,4,8H2,1H3/t10-,11-/m0/s1. The van der Waals surface area contributed by atoms with Crippen molar-refractivity contribution >= 4 is 40.6 Å². The number of carbonyl (C=O) groups is 1. The molecule has 7 heteroatoms. The van der Waals surface area contributed by atoms with E-state index in [0.717, 1.165) is 24.4 Å². The molecule has 3 rings (SSSR count). The van der Waals surface area contributed by atoms with Crippen molar-refractivity contribution in [2.24, 2.45) is 0 Å². The molecule has 1 aliphatic rings. The number of amides is 1. The van der Waals surface area contributed by atoms with Crippen molar-refractivity contribution in [3.8, 4) is 0 Å². The molecule has 3 heterocycles. The Hall–Kier alpha value is -1.11. The molecule has 1 amide bonds. The van der Waals surface area contributed by atoms with E-state index in [2.05, 4.69) is 21.6 Å². The molecule has 0 bridgehead atoms. The van der Waals surface area contributed by atoms with Crippen LogP contribution in [0.25, 0.3) is 0 Å². The van der Waals surface area contributed by atoms with Crippen LogP contribution in [-0.4, -0.2) is 32.8 Å². The summed E-state index contributed by atoms with van der Waals surface area (Å²) < 4.78 is 0. The van der Waals surface area contributed by atoms with Gasteiger partial charge in [-0.05, 0) is 43.3 Å². The minimum absolute atomic E-state index is 0.164. The molecular formula is C15H16ClN3OS2. The fraction of sp³-hybridized carbons (Fsp3) is 0.400. The van der Waals surface area contributed by atoms with E-state index in [9.17, 15) is 4.79 Å². The zero-order valence-electron chi connectivity index (χ0n) is 12.1. The Labute approximate surface area is 142 Å². The molecule has 2 atom stereocenters. The summed E-state index contributed by atoms with van der Waals surface area (Å²) in [6, 6.07) is 7.88. The lowest BCUT2D eigenvalue weighted by atomic mass is 10.2. The molecule has 2 aromatic heterocycles. The molecule has 2 aromatic rings. The Morgan fingerprint density at radius 2 is 2.32 bits per heavy atom. The molecule has 0 spiro atoms. The molecule has 1 saturated heterocycles. The number of thiophene rings is 1. The molecule has 1 fully saturated rings. The fourth-order valence-corrected chi connectivity index (χ4v) is 4.45. The van der Waals surface area contributed by atoms with Gasteiger partial charge in [0.1, 0.15) is 5.03 Å². The van der Waals surface area contributed by atoms with Gasteiger partial charge in [0, 0.05) is 11.4 Å². The van der Waals surface area contributed by atoms with Gasteiger partial charge in [-0.3, -0.25) is 4.79 Å². The van der Waals surface area contributed by atoms with Gasteiger partial charge in [0.05, 0.1) is 11.3 Å². The summed E-state index contributed by atoms with van der Waals surface area (Å²) in [5, 5.41) is 10.8. The lowest BCUT2D eigenvalue weighted by Gasteiger charge is -2.26. The Kier molecular flexibility index (Phi) is 5.00. The van der Waals surface area contributed by atoms with E-state index in [-0.39, 0.29) is 17.2 Å². The first-order chi connectivity index (χ1) is 10.6. The quantitative estimate of drug-likeness (QED) is 0.778. The van der Waals surface area contributed by atoms with Crippen LogP contribution in [-0.2, 0) is 4.79 Å². The summed E-state index contributed by atoms with van der Waals surface area (Å²) in [6.07, 6.45) is 2.11. The highest BCUT2D eigenvalue weighted by molar-refractivity contribution is 8.00. The van der Waals surface area contributed by atoms with Gasteiger partial charge in [0.25, 0.3) is 0 Å². The van der Waals surface area contributed by atoms with E-state index < -0.39 is 0 Å². The van der Waals surface area contributed by atoms with E-state index in [4.69, 9.17) is 11.6 Å². The van der Waals surface area contributed by atoms with Crippen LogP contribution in [0.1, 0.15) is 30.7 Å². The molecule has 1 aliphatic heterocycles. The van der Waals surface area contributed by atoms with Crippen LogP contribution in [0.3, 0.4) is 0 Å². The van der Waals surface area contributed by atoms with Crippen molar-refractivity contribution in [1.82, 2.24) is 15.1 Å². The first-order valence-electron chi connectivity index (χ1n) is 7.15. The number of aromatic nitrogens is 2. The Morgan fingerprint density at radius 3 is 3.00 bits per heavy atom. The summed E-state index contributed by atoms with van der Waals surface area (Å²) in [5.41, 5.74) is 0. The fourth-order valence-electron chi connectivity index (χ4n) is 2.64. The van der Waals surface area contributed by atoms with Gasteiger partial charge in [-0.25, -0.2) is 0 Å². The SMILES string of the molecule is C[C@H](Sc1ccc(Cl)nn1)C(=O)N1CCC[C@H]1c1cccs1. The molecule has 116 valence electrons. The smallest absolute Gasteiger partial charge is 0.236 e. The molecular weight excluding hydrogens is 338 g/mol. The molecule has 22 heavy (non-hydrogen) atoms. The third kappa shape index (κ3) is 3.45. The van der Waals surface area contributed by atoms with Crippen molar-refractivity contribution in [2.45, 2.75) is 36.1 Å². The van der Waals surface area contributed by atoms with Crippen LogP contribution in [0.15, 0.2) is 34.7 Å². The van der Waals surface area contributed by atoms with Crippen LogP contribution in [0.4, 0.5) is 0 Å². The maximum atomic E-state index is 12.8. The summed E-state index contributed by atoms with van der Waals surface area (Å²) in [6.45, 7) is 2.76. The maximum Gasteiger partial charge on any atom is 0.236 e. The van der Waals surface area contributed by atoms with E-state index >= 15 is 0 Å². The number of halogens is 1. The molecule has 0 unspecified atom stereocenters. The number of hydrogen-bond donors (Lipinski definition) is 0. The van der Waals surface area contributed by atoms with E-state index in [1.165, 1.54) is 16.6 Å². The largest absolute Gasteiger partial charge is 0.334 e. The number of thioether (sulfide) groups is 1. The average Bonchev–Trinajstić information content (AvgIpc) is 3.19. The van der Waals surface area contributed by atoms with Crippen molar-refractivity contribution < 1.29 is 4.79 Å². The Morgan fingerprint density at radius 1 is 1.45 bits per heavy atom. The third-order valence-corrected chi connectivity index (χ3v) is 5.85. The number of likely N-dealkylation sites (tertiary alicyclic amines) is 1. The highest BCUT2D eigenvalue weighted by Gasteiger charge is 2.33. The van der Waals surface area contributed by atoms with Gasteiger partial charge in [-0.2, -0.15) is 0 Å². The van der Waals surface area contributed by atoms with Crippen molar-refractivity contribution in [3.63, 3.8) is 0 Å². The second-order valence-corrected chi connectivity index (χ2v) is 7.89. The van der Waals surface area contributed by atoms with Crippen LogP contribution >= 0.6 is 34.7 Å². The van der Waals surface area contributed by atoms with E-state index in [1.54, 1.807) is 23.5 Å². The lowest BCUT2D eigenvalue weighted by Crippen LogP contribution is -2.35. The van der Waals surface area contributed by atoms with Crippen LogP contribution in [0, 0.1) is 0 Å². The predicted molar refractivity (Wildman–Crippen MR) is 90.4 cm³/mol. The molecule has 0 aliphatic carbocycles. The zero-order chi connectivity index (χ0) is 15.5. The van der Waals surface area contributed by atoms with Crippen LogP contribution in [0.2, 0.25) is 5.15 Å². The Bertz CT molecular complexity index is 633. The summed E-state index contributed by atoms with van der Waals surface area (Å²) in [4.78, 5) is 16.0. The molecule has 0 saturated carbocycles. The highest BCUT2D eigenvalue weighted by Crippen LogP contribution is 2.36. The predicted octanol–water partition coefficient (Wildman–Crippen LogP) is 4.04. The molecule has 4 nitrogen and oxygen atoms in total. The Balaban J connectivity index is 1.68. The first-order valence-corrected chi connectivity index (χ1v) is 9.28. The minimum Gasteiger partial charge on any atom is -0.334 e. The van der Waals surface area contributed by atoms with Gasteiger partial charge in [0.2, 0.25) is 5.91 Å². The highest BCUT2D eigenvalue weighted by atomic mass is 35.5. The number of carbonyl (C=O) groups excluding carboxylic acids is 1. The number of rotatable bonds is 4. The topological polar surface area (TPSA) is 46.1 Å². The first kappa shape index (κ1) is 15.8. The lowest BCUT2D eigenvalue weighted by molar-refractivity contribution is -0.131. The molecule has 0 aromatic carbocycles. The minimum atomic E-state index is -0.184. The van der Waals surface area contributed by atoms with Crippen LogP contribution in [0.5, 0.6) is 0 Å². The van der Waals surface area contributed by atoms with Gasteiger partial charge >= 0.3 is 0 Å². The summed E-state index contributed by atoms with van der Waals surface area (Å²) in [7, 11) is 0. The number of nitrogens with zero attached hydrogens (tertiary/aromatic N) is 3. The molecule has 0 N–H and O–H groups in total. The van der Waals surface area contributed by atoms with Gasteiger partial charge in [0.15, 0.2) is 5.15 Å².